The summed E-state index contributed by atoms with van der Waals surface area (Å²) >= 11 is 0. The van der Waals surface area contributed by atoms with Crippen LogP contribution in [-0.4, -0.2) is 32.2 Å². The predicted molar refractivity (Wildman–Crippen MR) is 41.4 cm³/mol. The summed E-state index contributed by atoms with van der Waals surface area (Å²) in [4.78, 5) is 0. The van der Waals surface area contributed by atoms with Crippen LogP contribution in [0.5, 0.6) is 0 Å². The van der Waals surface area contributed by atoms with Gasteiger partial charge in [0, 0.05) is 19.6 Å². The van der Waals surface area contributed by atoms with E-state index >= 15 is 0 Å². The zero-order valence-electron chi connectivity index (χ0n) is 7.26. The Morgan fingerprint density at radius 3 is 2.27 bits per heavy atom. The molecule has 0 bridgehead atoms. The minimum Gasteiger partial charge on any atom is -0.376 e. The van der Waals surface area contributed by atoms with Gasteiger partial charge in [-0.05, 0) is 13.8 Å². The van der Waals surface area contributed by atoms with Crippen molar-refractivity contribution in [1.82, 2.24) is 0 Å². The topological polar surface area (TPSA) is 27.7 Å². The Labute approximate surface area is 67.6 Å². The minimum atomic E-state index is -0.427. The average molecular weight is 160 g/mol. The third kappa shape index (κ3) is 2.15. The summed E-state index contributed by atoms with van der Waals surface area (Å²) < 4.78 is 16.2. The van der Waals surface area contributed by atoms with Crippen molar-refractivity contribution >= 4 is 0 Å². The van der Waals surface area contributed by atoms with Crippen LogP contribution in [0.3, 0.4) is 0 Å². The molecule has 3 heteroatoms. The highest BCUT2D eigenvalue weighted by molar-refractivity contribution is 4.74. The molecule has 0 aromatic heterocycles. The number of hydrogen-bond donors (Lipinski definition) is 0. The third-order valence-corrected chi connectivity index (χ3v) is 1.76. The molecule has 1 heterocycles. The lowest BCUT2D eigenvalue weighted by Crippen LogP contribution is -2.36. The molecule has 66 valence electrons. The van der Waals surface area contributed by atoms with E-state index in [0.717, 1.165) is 13.0 Å². The summed E-state index contributed by atoms with van der Waals surface area (Å²) in [5, 5.41) is 0. The molecule has 0 aliphatic carbocycles. The van der Waals surface area contributed by atoms with E-state index in [0.29, 0.717) is 19.8 Å². The SMILES string of the molecule is CCOC1(OCC)CCOC1. The molecule has 0 N–H and O–H groups in total. The lowest BCUT2D eigenvalue weighted by atomic mass is 10.2. The van der Waals surface area contributed by atoms with Crippen molar-refractivity contribution in [2.45, 2.75) is 26.1 Å². The van der Waals surface area contributed by atoms with Gasteiger partial charge in [-0.1, -0.05) is 0 Å². The molecule has 0 saturated carbocycles. The standard InChI is InChI=1S/C8H16O3/c1-3-10-8(11-4-2)5-6-9-7-8/h3-7H2,1-2H3. The summed E-state index contributed by atoms with van der Waals surface area (Å²) in [7, 11) is 0. The van der Waals surface area contributed by atoms with E-state index in [2.05, 4.69) is 0 Å². The maximum absolute atomic E-state index is 5.48. The number of hydrogen-bond acceptors (Lipinski definition) is 3. The molecular formula is C8H16O3. The molecule has 1 aliphatic heterocycles. The zero-order chi connectivity index (χ0) is 8.16. The van der Waals surface area contributed by atoms with Crippen LogP contribution in [0.2, 0.25) is 0 Å². The third-order valence-electron chi connectivity index (χ3n) is 1.76. The van der Waals surface area contributed by atoms with Crippen molar-refractivity contribution in [1.29, 1.82) is 0 Å². The molecule has 1 aliphatic rings. The molecule has 0 amide bonds. The van der Waals surface area contributed by atoms with Gasteiger partial charge in [0.25, 0.3) is 0 Å². The van der Waals surface area contributed by atoms with Crippen LogP contribution in [0.4, 0.5) is 0 Å². The first-order valence-corrected chi connectivity index (χ1v) is 4.18. The van der Waals surface area contributed by atoms with E-state index in [4.69, 9.17) is 14.2 Å². The first-order chi connectivity index (χ1) is 5.33. The highest BCUT2D eigenvalue weighted by Gasteiger charge is 2.36. The van der Waals surface area contributed by atoms with E-state index in [1.165, 1.54) is 0 Å². The summed E-state index contributed by atoms with van der Waals surface area (Å²) in [6.07, 6.45) is 0.856. The average Bonchev–Trinajstić information content (AvgIpc) is 2.39. The lowest BCUT2D eigenvalue weighted by molar-refractivity contribution is -0.228. The van der Waals surface area contributed by atoms with Crippen LogP contribution in [0.1, 0.15) is 20.3 Å². The number of ether oxygens (including phenoxy) is 3. The fourth-order valence-electron chi connectivity index (χ4n) is 1.32. The van der Waals surface area contributed by atoms with Gasteiger partial charge in [-0.15, -0.1) is 0 Å². The Bertz CT molecular complexity index is 99.9. The summed E-state index contributed by atoms with van der Waals surface area (Å²) in [6, 6.07) is 0. The molecule has 0 spiro atoms. The lowest BCUT2D eigenvalue weighted by Gasteiger charge is -2.26. The molecule has 0 aromatic carbocycles. The van der Waals surface area contributed by atoms with Crippen molar-refractivity contribution < 1.29 is 14.2 Å². The molecule has 11 heavy (non-hydrogen) atoms. The second kappa shape index (κ2) is 4.04. The fraction of sp³-hybridized carbons (Fsp3) is 1.00. The molecule has 1 rings (SSSR count). The maximum Gasteiger partial charge on any atom is 0.193 e. The van der Waals surface area contributed by atoms with Gasteiger partial charge in [0.15, 0.2) is 5.79 Å². The van der Waals surface area contributed by atoms with Crippen molar-refractivity contribution in [2.24, 2.45) is 0 Å². The zero-order valence-corrected chi connectivity index (χ0v) is 7.26. The van der Waals surface area contributed by atoms with E-state index in [1.807, 2.05) is 13.8 Å². The predicted octanol–water partition coefficient (Wildman–Crippen LogP) is 1.18. The van der Waals surface area contributed by atoms with E-state index in [9.17, 15) is 0 Å². The van der Waals surface area contributed by atoms with Gasteiger partial charge in [-0.2, -0.15) is 0 Å². The molecule has 0 atom stereocenters. The van der Waals surface area contributed by atoms with Gasteiger partial charge in [0.05, 0.1) is 6.61 Å². The second-order valence-corrected chi connectivity index (χ2v) is 2.58. The van der Waals surface area contributed by atoms with Crippen LogP contribution < -0.4 is 0 Å². The smallest absolute Gasteiger partial charge is 0.193 e. The monoisotopic (exact) mass is 160 g/mol. The number of rotatable bonds is 4. The van der Waals surface area contributed by atoms with Crippen LogP contribution in [0.25, 0.3) is 0 Å². The van der Waals surface area contributed by atoms with Crippen molar-refractivity contribution in [3.63, 3.8) is 0 Å². The second-order valence-electron chi connectivity index (χ2n) is 2.58. The Balaban J connectivity index is 2.40. The van der Waals surface area contributed by atoms with Gasteiger partial charge in [0.1, 0.15) is 6.61 Å². The maximum atomic E-state index is 5.48. The van der Waals surface area contributed by atoms with Crippen LogP contribution in [0.15, 0.2) is 0 Å². The van der Waals surface area contributed by atoms with E-state index in [1.54, 1.807) is 0 Å². The molecule has 1 fully saturated rings. The Morgan fingerprint density at radius 1 is 1.27 bits per heavy atom. The first kappa shape index (κ1) is 8.97. The summed E-state index contributed by atoms with van der Waals surface area (Å²) in [5.74, 6) is -0.427. The van der Waals surface area contributed by atoms with Gasteiger partial charge < -0.3 is 14.2 Å². The highest BCUT2D eigenvalue weighted by Crippen LogP contribution is 2.24. The van der Waals surface area contributed by atoms with Crippen molar-refractivity contribution in [3.8, 4) is 0 Å². The molecule has 0 radical (unpaired) electrons. The first-order valence-electron chi connectivity index (χ1n) is 4.18. The summed E-state index contributed by atoms with van der Waals surface area (Å²) in [5.41, 5.74) is 0. The molecule has 1 saturated heterocycles. The van der Waals surface area contributed by atoms with Crippen LogP contribution in [0, 0.1) is 0 Å². The molecular weight excluding hydrogens is 144 g/mol. The van der Waals surface area contributed by atoms with Gasteiger partial charge in [-0.25, -0.2) is 0 Å². The summed E-state index contributed by atoms with van der Waals surface area (Å²) in [6.45, 7) is 6.64. The molecule has 3 nitrogen and oxygen atoms in total. The van der Waals surface area contributed by atoms with Gasteiger partial charge in [0.2, 0.25) is 0 Å². The van der Waals surface area contributed by atoms with E-state index < -0.39 is 5.79 Å². The Kier molecular flexibility index (Phi) is 3.30. The van der Waals surface area contributed by atoms with Crippen LogP contribution in [-0.2, 0) is 14.2 Å². The Morgan fingerprint density at radius 2 is 1.91 bits per heavy atom. The van der Waals surface area contributed by atoms with Crippen molar-refractivity contribution in [2.75, 3.05) is 26.4 Å². The minimum absolute atomic E-state index is 0.427. The fourth-order valence-corrected chi connectivity index (χ4v) is 1.32. The molecule has 0 aromatic rings. The normalized spacial score (nSPS) is 22.4. The Hall–Kier alpha value is -0.120. The van der Waals surface area contributed by atoms with E-state index in [-0.39, 0.29) is 0 Å². The van der Waals surface area contributed by atoms with Crippen molar-refractivity contribution in [3.05, 3.63) is 0 Å². The van der Waals surface area contributed by atoms with Gasteiger partial charge in [-0.3, -0.25) is 0 Å². The van der Waals surface area contributed by atoms with Gasteiger partial charge >= 0.3 is 0 Å². The van der Waals surface area contributed by atoms with Crippen LogP contribution >= 0.6 is 0 Å². The quantitative estimate of drug-likeness (QED) is 0.578. The highest BCUT2D eigenvalue weighted by atomic mass is 16.7. The largest absolute Gasteiger partial charge is 0.376 e. The molecule has 0 unspecified atom stereocenters.